The van der Waals surface area contributed by atoms with Crippen molar-refractivity contribution < 1.29 is 22.1 Å². The smallest absolute Gasteiger partial charge is 0.410 e. The molecular weight excluding hydrogens is 366 g/mol. The molecule has 1 unspecified atom stereocenters. The standard InChI is InChI=1S/C20H29NO5S/c1-20(2,3)26-19(22)21-17-9-10-18(21)12-16(11-17)13-25-27(23,24)14-15-7-5-4-6-8-15/h4-8,16-18H,9-14H2,1-3H3/t16?,17-,18+. The van der Waals surface area contributed by atoms with Gasteiger partial charge in [0.05, 0.1) is 6.61 Å². The van der Waals surface area contributed by atoms with Gasteiger partial charge in [0.25, 0.3) is 10.1 Å². The number of rotatable bonds is 5. The zero-order chi connectivity index (χ0) is 19.7. The van der Waals surface area contributed by atoms with Gasteiger partial charge in [-0.25, -0.2) is 4.79 Å². The third kappa shape index (κ3) is 5.45. The summed E-state index contributed by atoms with van der Waals surface area (Å²) in [4.78, 5) is 14.3. The maximum absolute atomic E-state index is 12.5. The minimum Gasteiger partial charge on any atom is -0.444 e. The predicted octanol–water partition coefficient (Wildman–Crippen LogP) is 3.71. The molecule has 1 aromatic carbocycles. The molecule has 2 saturated heterocycles. The predicted molar refractivity (Wildman–Crippen MR) is 103 cm³/mol. The summed E-state index contributed by atoms with van der Waals surface area (Å²) in [6.45, 7) is 5.78. The number of carbonyl (C=O) groups is 1. The van der Waals surface area contributed by atoms with Gasteiger partial charge in [-0.3, -0.25) is 4.18 Å². The van der Waals surface area contributed by atoms with E-state index in [-0.39, 0.29) is 36.5 Å². The van der Waals surface area contributed by atoms with E-state index < -0.39 is 15.7 Å². The van der Waals surface area contributed by atoms with Crippen LogP contribution in [0.5, 0.6) is 0 Å². The van der Waals surface area contributed by atoms with Crippen molar-refractivity contribution in [3.8, 4) is 0 Å². The number of carbonyl (C=O) groups excluding carboxylic acids is 1. The number of nitrogens with zero attached hydrogens (tertiary/aromatic N) is 1. The molecule has 2 heterocycles. The Morgan fingerprint density at radius 3 is 2.26 bits per heavy atom. The zero-order valence-electron chi connectivity index (χ0n) is 16.3. The first-order chi connectivity index (χ1) is 12.6. The Morgan fingerprint density at radius 2 is 1.70 bits per heavy atom. The minimum absolute atomic E-state index is 0.114. The number of benzene rings is 1. The summed E-state index contributed by atoms with van der Waals surface area (Å²) in [5.41, 5.74) is 0.208. The highest BCUT2D eigenvalue weighted by Gasteiger charge is 2.45. The third-order valence-corrected chi connectivity index (χ3v) is 6.29. The van der Waals surface area contributed by atoms with Gasteiger partial charge in [-0.15, -0.1) is 0 Å². The Labute approximate surface area is 162 Å². The molecule has 0 saturated carbocycles. The molecule has 0 aromatic heterocycles. The highest BCUT2D eigenvalue weighted by molar-refractivity contribution is 7.85. The van der Waals surface area contributed by atoms with E-state index in [1.54, 1.807) is 12.1 Å². The third-order valence-electron chi connectivity index (χ3n) is 5.10. The van der Waals surface area contributed by atoms with Crippen LogP contribution in [0.1, 0.15) is 52.0 Å². The van der Waals surface area contributed by atoms with Crippen molar-refractivity contribution in [2.75, 3.05) is 6.61 Å². The topological polar surface area (TPSA) is 72.9 Å². The van der Waals surface area contributed by atoms with Crippen molar-refractivity contribution in [1.29, 1.82) is 0 Å². The van der Waals surface area contributed by atoms with Gasteiger partial charge < -0.3 is 9.64 Å². The highest BCUT2D eigenvalue weighted by atomic mass is 32.2. The van der Waals surface area contributed by atoms with Gasteiger partial charge in [0, 0.05) is 12.1 Å². The van der Waals surface area contributed by atoms with E-state index in [0.29, 0.717) is 0 Å². The monoisotopic (exact) mass is 395 g/mol. The van der Waals surface area contributed by atoms with E-state index in [0.717, 1.165) is 31.2 Å². The fourth-order valence-electron chi connectivity index (χ4n) is 4.06. The molecule has 0 spiro atoms. The van der Waals surface area contributed by atoms with Crippen LogP contribution >= 0.6 is 0 Å². The number of fused-ring (bicyclic) bond motifs is 2. The lowest BCUT2D eigenvalue weighted by molar-refractivity contribution is -0.000859. The van der Waals surface area contributed by atoms with E-state index in [4.69, 9.17) is 8.92 Å². The van der Waals surface area contributed by atoms with Crippen LogP contribution in [0.3, 0.4) is 0 Å². The first-order valence-electron chi connectivity index (χ1n) is 9.55. The van der Waals surface area contributed by atoms with Crippen LogP contribution < -0.4 is 0 Å². The van der Waals surface area contributed by atoms with Crippen molar-refractivity contribution in [1.82, 2.24) is 4.90 Å². The molecule has 0 N–H and O–H groups in total. The second kappa shape index (κ2) is 7.80. The van der Waals surface area contributed by atoms with Crippen LogP contribution in [0.2, 0.25) is 0 Å². The van der Waals surface area contributed by atoms with Gasteiger partial charge in [-0.1, -0.05) is 30.3 Å². The Hall–Kier alpha value is -1.60. The summed E-state index contributed by atoms with van der Waals surface area (Å²) >= 11 is 0. The summed E-state index contributed by atoms with van der Waals surface area (Å²) in [7, 11) is -3.61. The summed E-state index contributed by atoms with van der Waals surface area (Å²) in [5, 5.41) is 0. The molecule has 150 valence electrons. The Kier molecular flexibility index (Phi) is 5.82. The molecule has 2 fully saturated rings. The lowest BCUT2D eigenvalue weighted by Crippen LogP contribution is -2.49. The Bertz CT molecular complexity index is 742. The van der Waals surface area contributed by atoms with Gasteiger partial charge in [0.15, 0.2) is 0 Å². The molecule has 0 radical (unpaired) electrons. The highest BCUT2D eigenvalue weighted by Crippen LogP contribution is 2.39. The second-order valence-corrected chi connectivity index (χ2v) is 10.2. The molecule has 3 atom stereocenters. The van der Waals surface area contributed by atoms with Crippen LogP contribution in [0.25, 0.3) is 0 Å². The number of hydrogen-bond acceptors (Lipinski definition) is 5. The van der Waals surface area contributed by atoms with Crippen LogP contribution in [-0.4, -0.2) is 43.7 Å². The molecular formula is C20H29NO5S. The first kappa shape index (κ1) is 20.1. The quantitative estimate of drug-likeness (QED) is 0.711. The molecule has 0 aliphatic carbocycles. The molecule has 3 rings (SSSR count). The van der Waals surface area contributed by atoms with Crippen molar-refractivity contribution in [3.05, 3.63) is 35.9 Å². The van der Waals surface area contributed by atoms with E-state index in [1.165, 1.54) is 0 Å². The minimum atomic E-state index is -3.61. The van der Waals surface area contributed by atoms with Crippen LogP contribution in [0.4, 0.5) is 4.79 Å². The summed E-state index contributed by atoms with van der Waals surface area (Å²) in [5.74, 6) is 0.0315. The summed E-state index contributed by atoms with van der Waals surface area (Å²) in [6, 6.07) is 9.27. The van der Waals surface area contributed by atoms with Gasteiger partial charge in [-0.2, -0.15) is 8.42 Å². The first-order valence-corrected chi connectivity index (χ1v) is 11.1. The number of ether oxygens (including phenoxy) is 1. The van der Waals surface area contributed by atoms with Gasteiger partial charge in [-0.05, 0) is 57.9 Å². The second-order valence-electron chi connectivity index (χ2n) is 8.58. The maximum Gasteiger partial charge on any atom is 0.410 e. The molecule has 6 nitrogen and oxygen atoms in total. The lowest BCUT2D eigenvalue weighted by atomic mass is 9.92. The Morgan fingerprint density at radius 1 is 1.11 bits per heavy atom. The molecule has 2 aliphatic heterocycles. The number of piperidine rings is 1. The molecule has 7 heteroatoms. The largest absolute Gasteiger partial charge is 0.444 e. The fourth-order valence-corrected chi connectivity index (χ4v) is 5.14. The number of hydrogen-bond donors (Lipinski definition) is 0. The fraction of sp³-hybridized carbons (Fsp3) is 0.650. The van der Waals surface area contributed by atoms with E-state index in [1.807, 2.05) is 43.9 Å². The SMILES string of the molecule is CC(C)(C)OC(=O)N1[C@@H]2CC[C@H]1CC(COS(=O)(=O)Cc1ccccc1)C2. The van der Waals surface area contributed by atoms with Gasteiger partial charge in [0.1, 0.15) is 11.4 Å². The average molecular weight is 396 g/mol. The van der Waals surface area contributed by atoms with E-state index in [2.05, 4.69) is 0 Å². The van der Waals surface area contributed by atoms with Crippen molar-refractivity contribution in [2.45, 2.75) is 69.9 Å². The molecule has 1 aromatic rings. The molecule has 27 heavy (non-hydrogen) atoms. The zero-order valence-corrected chi connectivity index (χ0v) is 17.1. The van der Waals surface area contributed by atoms with Crippen molar-refractivity contribution in [2.24, 2.45) is 5.92 Å². The van der Waals surface area contributed by atoms with Gasteiger partial charge >= 0.3 is 6.09 Å². The number of amides is 1. The van der Waals surface area contributed by atoms with Crippen molar-refractivity contribution >= 4 is 16.2 Å². The van der Waals surface area contributed by atoms with Crippen LogP contribution in [0.15, 0.2) is 30.3 Å². The van der Waals surface area contributed by atoms with Gasteiger partial charge in [0.2, 0.25) is 0 Å². The maximum atomic E-state index is 12.5. The Balaban J connectivity index is 1.53. The van der Waals surface area contributed by atoms with E-state index >= 15 is 0 Å². The molecule has 2 bridgehead atoms. The van der Waals surface area contributed by atoms with Crippen molar-refractivity contribution in [3.63, 3.8) is 0 Å². The average Bonchev–Trinajstić information content (AvgIpc) is 2.83. The molecule has 1 amide bonds. The lowest BCUT2D eigenvalue weighted by Gasteiger charge is -2.39. The summed E-state index contributed by atoms with van der Waals surface area (Å²) < 4.78 is 35.3. The normalized spacial score (nSPS) is 25.4. The summed E-state index contributed by atoms with van der Waals surface area (Å²) in [6.07, 6.45) is 3.15. The van der Waals surface area contributed by atoms with Crippen LogP contribution in [0, 0.1) is 5.92 Å². The van der Waals surface area contributed by atoms with E-state index in [9.17, 15) is 13.2 Å². The molecule has 2 aliphatic rings. The van der Waals surface area contributed by atoms with Crippen LogP contribution in [-0.2, 0) is 24.8 Å².